The van der Waals surface area contributed by atoms with Crippen LogP contribution in [0.15, 0.2) is 0 Å². The van der Waals surface area contributed by atoms with Gasteiger partial charge in [-0.15, -0.1) is 0 Å². The van der Waals surface area contributed by atoms with E-state index >= 15 is 0 Å². The Morgan fingerprint density at radius 3 is 2.40 bits per heavy atom. The second kappa shape index (κ2) is 7.07. The maximum absolute atomic E-state index is 12.4. The van der Waals surface area contributed by atoms with Crippen LogP contribution in [-0.4, -0.2) is 31.9 Å². The predicted molar refractivity (Wildman–Crippen MR) is 77.7 cm³/mol. The van der Waals surface area contributed by atoms with Crippen molar-refractivity contribution in [2.45, 2.75) is 58.4 Å². The number of nitrogens with zero attached hydrogens (tertiary/aromatic N) is 1. The van der Waals surface area contributed by atoms with E-state index < -0.39 is 15.3 Å². The quantitative estimate of drug-likeness (QED) is 0.810. The largest absolute Gasteiger partial charge is 0.351 e. The van der Waals surface area contributed by atoms with Gasteiger partial charge in [0.15, 0.2) is 9.84 Å². The van der Waals surface area contributed by atoms with E-state index in [1.54, 1.807) is 0 Å². The smallest absolute Gasteiger partial charge is 0.240 e. The van der Waals surface area contributed by atoms with Gasteiger partial charge >= 0.3 is 0 Å². The molecule has 0 spiro atoms. The minimum atomic E-state index is -3.05. The number of hydrogen-bond donors (Lipinski definition) is 1. The van der Waals surface area contributed by atoms with Crippen LogP contribution in [0.4, 0.5) is 0 Å². The molecule has 20 heavy (non-hydrogen) atoms. The van der Waals surface area contributed by atoms with E-state index in [0.29, 0.717) is 25.7 Å². The van der Waals surface area contributed by atoms with Gasteiger partial charge in [-0.05, 0) is 25.7 Å². The Morgan fingerprint density at radius 2 is 1.95 bits per heavy atom. The molecular weight excluding hydrogens is 276 g/mol. The van der Waals surface area contributed by atoms with Gasteiger partial charge in [0.2, 0.25) is 5.91 Å². The van der Waals surface area contributed by atoms with Crippen molar-refractivity contribution < 1.29 is 13.2 Å². The molecule has 0 bridgehead atoms. The van der Waals surface area contributed by atoms with Crippen LogP contribution in [0.3, 0.4) is 0 Å². The fraction of sp³-hybridized carbons (Fsp3) is 0.857. The summed E-state index contributed by atoms with van der Waals surface area (Å²) < 4.78 is 23.2. The van der Waals surface area contributed by atoms with Gasteiger partial charge < -0.3 is 5.32 Å². The Labute approximate surface area is 121 Å². The molecule has 0 radical (unpaired) electrons. The molecule has 0 aromatic carbocycles. The first-order valence-electron chi connectivity index (χ1n) is 7.31. The van der Waals surface area contributed by atoms with Crippen molar-refractivity contribution in [3.8, 4) is 6.07 Å². The number of carbonyl (C=O) groups excluding carboxylic acids is 1. The number of sulfone groups is 1. The zero-order valence-electron chi connectivity index (χ0n) is 12.3. The average Bonchev–Trinajstić information content (AvgIpc) is 2.37. The fourth-order valence-corrected chi connectivity index (χ4v) is 4.46. The highest BCUT2D eigenvalue weighted by Crippen LogP contribution is 2.30. The predicted octanol–water partition coefficient (Wildman–Crippen LogP) is 1.79. The van der Waals surface area contributed by atoms with Crippen molar-refractivity contribution >= 4 is 15.7 Å². The summed E-state index contributed by atoms with van der Waals surface area (Å²) in [6.45, 7) is 3.89. The molecule has 1 aliphatic rings. The van der Waals surface area contributed by atoms with Crippen LogP contribution in [0.25, 0.3) is 0 Å². The van der Waals surface area contributed by atoms with E-state index in [1.807, 2.05) is 13.8 Å². The van der Waals surface area contributed by atoms with Gasteiger partial charge in [0.25, 0.3) is 0 Å². The Morgan fingerprint density at radius 1 is 1.35 bits per heavy atom. The fourth-order valence-electron chi connectivity index (χ4n) is 2.83. The topological polar surface area (TPSA) is 87.0 Å². The highest BCUT2D eigenvalue weighted by atomic mass is 32.2. The Kier molecular flexibility index (Phi) is 6.00. The van der Waals surface area contributed by atoms with Crippen molar-refractivity contribution in [2.24, 2.45) is 5.41 Å². The first-order chi connectivity index (χ1) is 9.39. The molecule has 6 heteroatoms. The molecular formula is C14H24N2O3S. The number of hydrogen-bond acceptors (Lipinski definition) is 4. The van der Waals surface area contributed by atoms with Gasteiger partial charge in [0.1, 0.15) is 5.41 Å². The van der Waals surface area contributed by atoms with Crippen LogP contribution in [-0.2, 0) is 14.6 Å². The molecule has 0 saturated carbocycles. The van der Waals surface area contributed by atoms with Gasteiger partial charge in [-0.25, -0.2) is 8.42 Å². The Balaban J connectivity index is 2.78. The number of nitriles is 1. The van der Waals surface area contributed by atoms with E-state index in [9.17, 15) is 18.5 Å². The van der Waals surface area contributed by atoms with Crippen molar-refractivity contribution in [3.05, 3.63) is 0 Å². The molecule has 1 heterocycles. The van der Waals surface area contributed by atoms with Crippen molar-refractivity contribution in [2.75, 3.05) is 11.5 Å². The summed E-state index contributed by atoms with van der Waals surface area (Å²) in [4.78, 5) is 12.4. The van der Waals surface area contributed by atoms with Crippen LogP contribution < -0.4 is 5.32 Å². The van der Waals surface area contributed by atoms with Gasteiger partial charge in [-0.3, -0.25) is 4.79 Å². The van der Waals surface area contributed by atoms with Crippen molar-refractivity contribution in [1.29, 1.82) is 5.26 Å². The number of amides is 1. The normalized spacial score (nSPS) is 21.9. The van der Waals surface area contributed by atoms with Gasteiger partial charge in [-0.1, -0.05) is 26.7 Å². The third kappa shape index (κ3) is 4.20. The summed E-state index contributed by atoms with van der Waals surface area (Å²) in [5.74, 6) is -0.101. The van der Waals surface area contributed by atoms with Crippen LogP contribution in [0, 0.1) is 16.7 Å². The van der Waals surface area contributed by atoms with E-state index in [-0.39, 0.29) is 23.5 Å². The van der Waals surface area contributed by atoms with Gasteiger partial charge in [0, 0.05) is 6.04 Å². The summed E-state index contributed by atoms with van der Waals surface area (Å²) in [6.07, 6.45) is 3.79. The molecule has 1 amide bonds. The third-order valence-electron chi connectivity index (χ3n) is 3.80. The molecule has 1 N–H and O–H groups in total. The lowest BCUT2D eigenvalue weighted by molar-refractivity contribution is -0.129. The molecule has 114 valence electrons. The monoisotopic (exact) mass is 300 g/mol. The first-order valence-corrected chi connectivity index (χ1v) is 9.14. The highest BCUT2D eigenvalue weighted by Gasteiger charge is 2.38. The van der Waals surface area contributed by atoms with Crippen LogP contribution in [0.2, 0.25) is 0 Å². The second-order valence-corrected chi connectivity index (χ2v) is 7.85. The first kappa shape index (κ1) is 17.0. The number of nitrogens with one attached hydrogen (secondary N) is 1. The molecule has 1 fully saturated rings. The van der Waals surface area contributed by atoms with Crippen molar-refractivity contribution in [1.82, 2.24) is 5.32 Å². The molecule has 1 atom stereocenters. The summed E-state index contributed by atoms with van der Waals surface area (Å²) >= 11 is 0. The average molecular weight is 300 g/mol. The molecule has 1 unspecified atom stereocenters. The van der Waals surface area contributed by atoms with Crippen LogP contribution in [0.5, 0.6) is 0 Å². The van der Waals surface area contributed by atoms with Gasteiger partial charge in [-0.2, -0.15) is 5.26 Å². The molecule has 1 rings (SSSR count). The molecule has 0 aromatic heterocycles. The molecule has 0 aromatic rings. The lowest BCUT2D eigenvalue weighted by Crippen LogP contribution is -2.49. The van der Waals surface area contributed by atoms with E-state index in [0.717, 1.165) is 12.8 Å². The minimum absolute atomic E-state index is 0.00149. The van der Waals surface area contributed by atoms with E-state index in [1.165, 1.54) is 0 Å². The lowest BCUT2D eigenvalue weighted by Gasteiger charge is -2.29. The third-order valence-corrected chi connectivity index (χ3v) is 5.62. The second-order valence-electron chi connectivity index (χ2n) is 5.62. The lowest BCUT2D eigenvalue weighted by atomic mass is 9.79. The van der Waals surface area contributed by atoms with Crippen molar-refractivity contribution in [3.63, 3.8) is 0 Å². The SMILES string of the molecule is CCCC(C#N)(CCC)C(=O)NC1CCCS(=O)(=O)C1. The highest BCUT2D eigenvalue weighted by molar-refractivity contribution is 7.91. The summed E-state index contributed by atoms with van der Waals surface area (Å²) in [5.41, 5.74) is -1.01. The molecule has 5 nitrogen and oxygen atoms in total. The summed E-state index contributed by atoms with van der Waals surface area (Å²) in [6, 6.07) is 1.82. The Hall–Kier alpha value is -1.09. The maximum atomic E-state index is 12.4. The van der Waals surface area contributed by atoms with E-state index in [4.69, 9.17) is 0 Å². The number of carbonyl (C=O) groups is 1. The minimum Gasteiger partial charge on any atom is -0.351 e. The standard InChI is InChI=1S/C14H24N2O3S/c1-3-7-14(11-15,8-4-2)13(17)16-12-6-5-9-20(18,19)10-12/h12H,3-10H2,1-2H3,(H,16,17). The summed E-state index contributed by atoms with van der Waals surface area (Å²) in [5, 5.41) is 12.2. The molecule has 1 saturated heterocycles. The zero-order valence-corrected chi connectivity index (χ0v) is 13.1. The number of rotatable bonds is 6. The van der Waals surface area contributed by atoms with E-state index in [2.05, 4.69) is 11.4 Å². The molecule has 0 aliphatic carbocycles. The maximum Gasteiger partial charge on any atom is 0.240 e. The zero-order chi connectivity index (χ0) is 15.2. The summed E-state index contributed by atoms with van der Waals surface area (Å²) in [7, 11) is -3.05. The van der Waals surface area contributed by atoms with Crippen LogP contribution in [0.1, 0.15) is 52.4 Å². The molecule has 1 aliphatic heterocycles. The Bertz CT molecular complexity index is 473. The van der Waals surface area contributed by atoms with Crippen LogP contribution >= 0.6 is 0 Å². The van der Waals surface area contributed by atoms with Gasteiger partial charge in [0.05, 0.1) is 17.6 Å².